The van der Waals surface area contributed by atoms with E-state index in [9.17, 15) is 91.9 Å². The maximum atomic E-state index is 11.6. The first-order valence-corrected chi connectivity index (χ1v) is 49.8. The fourth-order valence-electron chi connectivity index (χ4n) is 20.2. The van der Waals surface area contributed by atoms with E-state index in [-0.39, 0.29) is 107 Å². The molecule has 0 spiro atoms. The minimum Gasteiger partial charge on any atom is -0.508 e. The molecule has 32 heteroatoms. The zero-order valence-electron chi connectivity index (χ0n) is 87.7. The second-order valence-electron chi connectivity index (χ2n) is 37.4. The lowest BCUT2D eigenvalue weighted by Crippen LogP contribution is -2.24. The van der Waals surface area contributed by atoms with Gasteiger partial charge in [0.05, 0.1) is 99.5 Å². The number of benzene rings is 12. The Balaban J connectivity index is 0.000000289. The second-order valence-corrected chi connectivity index (χ2v) is 37.4. The van der Waals surface area contributed by atoms with Gasteiger partial charge in [-0.2, -0.15) is 0 Å². The minimum atomic E-state index is -0.659. The molecule has 808 valence electrons. The molecule has 0 fully saturated rings. The number of aliphatic hydroxyl groups excluding tert-OH is 4. The van der Waals surface area contributed by atoms with E-state index in [1.807, 2.05) is 60.7 Å². The molecular weight excluding hydrogens is 1930 g/mol. The van der Waals surface area contributed by atoms with Crippen molar-refractivity contribution in [1.82, 2.24) is 0 Å². The van der Waals surface area contributed by atoms with Gasteiger partial charge in [0.1, 0.15) is 23.0 Å². The summed E-state index contributed by atoms with van der Waals surface area (Å²) in [6, 6.07) is 42.2. The lowest BCUT2D eigenvalue weighted by atomic mass is 9.79. The molecule has 32 nitrogen and oxygen atoms in total. The van der Waals surface area contributed by atoms with Crippen LogP contribution in [0.2, 0.25) is 0 Å². The van der Waals surface area contributed by atoms with Gasteiger partial charge in [-0.1, -0.05) is 24.3 Å². The smallest absolute Gasteiger partial charge is 0.203 e. The third-order valence-corrected chi connectivity index (χ3v) is 28.0. The Labute approximate surface area is 875 Å². The number of aromatic hydroxyl groups is 14. The third-order valence-electron chi connectivity index (χ3n) is 28.0. The summed E-state index contributed by atoms with van der Waals surface area (Å²) in [6.07, 6.45) is 11.2. The molecule has 0 bridgehead atoms. The number of aryl methyl sites for hydroxylation is 12. The van der Waals surface area contributed by atoms with E-state index in [4.69, 9.17) is 66.3 Å². The maximum absolute atomic E-state index is 11.6. The lowest BCUT2D eigenvalue weighted by molar-refractivity contribution is 0.158. The van der Waals surface area contributed by atoms with Crippen LogP contribution in [0.25, 0.3) is 0 Å². The molecule has 12 aromatic rings. The largest absolute Gasteiger partial charge is 0.508 e. The Kier molecular flexibility index (Phi) is 42.4. The van der Waals surface area contributed by atoms with Crippen molar-refractivity contribution in [2.45, 2.75) is 154 Å². The number of phenols is 14. The molecule has 0 aliphatic heterocycles. The van der Waals surface area contributed by atoms with Crippen LogP contribution in [0.4, 0.5) is 0 Å². The Hall–Kier alpha value is -15.1. The van der Waals surface area contributed by atoms with Gasteiger partial charge in [0.25, 0.3) is 0 Å². The van der Waals surface area contributed by atoms with Crippen LogP contribution >= 0.6 is 0 Å². The number of hydrogen-bond acceptors (Lipinski definition) is 32. The predicted octanol–water partition coefficient (Wildman–Crippen LogP) is 17.2. The van der Waals surface area contributed by atoms with Crippen molar-refractivity contribution in [1.29, 1.82) is 0 Å². The Morgan fingerprint density at radius 2 is 0.347 bits per heavy atom. The maximum Gasteiger partial charge on any atom is 0.203 e. The van der Waals surface area contributed by atoms with Gasteiger partial charge in [0.2, 0.25) is 23.0 Å². The third kappa shape index (κ3) is 29.3. The van der Waals surface area contributed by atoms with Crippen molar-refractivity contribution in [3.8, 4) is 161 Å². The number of aliphatic hydroxyl groups is 4. The van der Waals surface area contributed by atoms with Crippen molar-refractivity contribution in [2.75, 3.05) is 126 Å². The van der Waals surface area contributed by atoms with E-state index >= 15 is 0 Å². The molecule has 0 saturated carbocycles. The van der Waals surface area contributed by atoms with Gasteiger partial charge < -0.3 is 158 Å². The SMILES string of the molecule is COc1cc(C[C@@H](CO)[C@H](CCCO)Cc2cc(CCc3cc(OC)c(OC)c(OC)c3)c(CCc3cc(OC)c(OC)c(OC)c3)c(OC)c2)cc(CCc2cc(OC)c(OC)c(OC)c2)c1CCc1cc(OC)c(OC)c(OC)c1.OCCC[C@H](Cc1cc(O)c(CCc2cc(O)c(O)c(O)c2)c(CCc2cc(O)c(O)c(O)c2)c1)[C@H](CO)Cc1cc(O)c(CCc2cc(O)c(O)c(O)c2)c(CCc2cc(O)c(O)c(O)c2)c1. The first-order chi connectivity index (χ1) is 72.2. The highest BCUT2D eigenvalue weighted by Gasteiger charge is 2.31. The van der Waals surface area contributed by atoms with Crippen LogP contribution < -0.4 is 66.3 Å². The molecular formula is C118H144O32. The molecule has 0 amide bonds. The van der Waals surface area contributed by atoms with Gasteiger partial charge in [-0.25, -0.2) is 0 Å². The number of methoxy groups -OCH3 is 14. The Morgan fingerprint density at radius 1 is 0.173 bits per heavy atom. The van der Waals surface area contributed by atoms with Gasteiger partial charge in [0.15, 0.2) is 115 Å². The van der Waals surface area contributed by atoms with Crippen molar-refractivity contribution < 1.29 is 158 Å². The van der Waals surface area contributed by atoms with Crippen LogP contribution in [0, 0.1) is 23.7 Å². The van der Waals surface area contributed by atoms with Gasteiger partial charge in [-0.15, -0.1) is 0 Å². The fourth-order valence-corrected chi connectivity index (χ4v) is 20.2. The molecule has 0 radical (unpaired) electrons. The van der Waals surface area contributed by atoms with E-state index in [2.05, 4.69) is 24.3 Å². The van der Waals surface area contributed by atoms with Crippen LogP contribution in [0.15, 0.2) is 146 Å². The fraction of sp³-hybridized carbons (Fsp3) is 0.390. The highest BCUT2D eigenvalue weighted by Crippen LogP contribution is 2.48. The first-order valence-electron chi connectivity index (χ1n) is 49.8. The summed E-state index contributed by atoms with van der Waals surface area (Å²) in [6.45, 7) is -0.459. The summed E-state index contributed by atoms with van der Waals surface area (Å²) < 4.78 is 81.0. The van der Waals surface area contributed by atoms with Crippen molar-refractivity contribution in [3.05, 3.63) is 257 Å². The van der Waals surface area contributed by atoms with Gasteiger partial charge >= 0.3 is 0 Å². The zero-order valence-corrected chi connectivity index (χ0v) is 87.7. The minimum absolute atomic E-state index is 0.0247. The van der Waals surface area contributed by atoms with E-state index in [0.717, 1.165) is 67.1 Å². The van der Waals surface area contributed by atoms with E-state index < -0.39 is 74.9 Å². The van der Waals surface area contributed by atoms with Crippen LogP contribution in [-0.4, -0.2) is 218 Å². The zero-order chi connectivity index (χ0) is 109. The van der Waals surface area contributed by atoms with Crippen LogP contribution in [0.1, 0.15) is 137 Å². The van der Waals surface area contributed by atoms with Crippen molar-refractivity contribution in [2.24, 2.45) is 23.7 Å². The van der Waals surface area contributed by atoms with Crippen LogP contribution in [-0.2, 0) is 128 Å². The van der Waals surface area contributed by atoms with Crippen LogP contribution in [0.3, 0.4) is 0 Å². The van der Waals surface area contributed by atoms with Crippen molar-refractivity contribution >= 4 is 0 Å². The lowest BCUT2D eigenvalue weighted by Gasteiger charge is -2.28. The second kappa shape index (κ2) is 55.2. The quantitative estimate of drug-likeness (QED) is 0.0157. The normalized spacial score (nSPS) is 12.0. The number of ether oxygens (including phenoxy) is 14. The monoisotopic (exact) mass is 2070 g/mol. The summed E-state index contributed by atoms with van der Waals surface area (Å²) in [7, 11) is 22.8. The summed E-state index contributed by atoms with van der Waals surface area (Å²) in [4.78, 5) is 0. The Bertz CT molecular complexity index is 6340. The molecule has 4 atom stereocenters. The molecule has 12 aromatic carbocycles. The number of hydrogen-bond donors (Lipinski definition) is 18. The highest BCUT2D eigenvalue weighted by atomic mass is 16.6. The topological polar surface area (TPSA) is 493 Å². The summed E-state index contributed by atoms with van der Waals surface area (Å²) >= 11 is 0. The number of phenolic OH excluding ortho intramolecular Hbond substituents is 14. The average Bonchev–Trinajstić information content (AvgIpc) is 0.793. The molecule has 0 aromatic heterocycles. The van der Waals surface area contributed by atoms with Gasteiger partial charge in [0, 0.05) is 26.4 Å². The summed E-state index contributed by atoms with van der Waals surface area (Å²) in [5.41, 5.74) is 16.3. The van der Waals surface area contributed by atoms with E-state index in [1.165, 1.54) is 48.5 Å². The van der Waals surface area contributed by atoms with Gasteiger partial charge in [-0.3, -0.25) is 0 Å². The van der Waals surface area contributed by atoms with E-state index in [0.29, 0.717) is 227 Å². The predicted molar refractivity (Wildman–Crippen MR) is 567 cm³/mol. The summed E-state index contributed by atoms with van der Waals surface area (Å²) in [5.74, 6) is 0.613. The molecule has 18 N–H and O–H groups in total. The molecule has 150 heavy (non-hydrogen) atoms. The van der Waals surface area contributed by atoms with Crippen LogP contribution in [0.5, 0.6) is 161 Å². The number of rotatable bonds is 56. The van der Waals surface area contributed by atoms with Gasteiger partial charge in [-0.05, 0) is 410 Å². The standard InChI is InChI=1S/C66H86O16.C52H58O16/c1-69-53-38-45(27-48(21-17-41-30-55(71-3)63(79-11)56(31-41)72-4)51(53)23-19-43-34-59(75-7)65(81-13)60(35-43)76-8)26-47(16-15-25-67)50(40-68)29-46-28-49(22-18-42-32-57(73-5)64(80-12)58(33-42)74-6)52(54(39-46)70-2)24-20-44-36-61(77-9)66(82-14)62(37-44)78-10;53-11-1-2-33(12-31-13-34(7-3-27-16-41(57)49(65)42(58)17-27)37(39(55)24-31)9-5-29-20-45(61)51(67)46(62)21-29)36(26-54)15-32-14-35(8-4-28-18-43(59)50(66)44(60)19-28)38(40(56)25-32)10-6-30-22-47(63)52(68)48(64)23-30/h27-28,30-39,47,50,67-68H,15-26,29,40H2,1-14H3;13-14,16-25,33,36,53-68H,1-12,15,26H2/t47-,50+;33-,36+/m11/s1. The molecule has 0 heterocycles. The van der Waals surface area contributed by atoms with E-state index in [1.54, 1.807) is 112 Å². The molecule has 12 rings (SSSR count). The molecule has 0 aliphatic rings. The Morgan fingerprint density at radius 3 is 0.547 bits per heavy atom. The van der Waals surface area contributed by atoms with Crippen molar-refractivity contribution in [3.63, 3.8) is 0 Å². The molecule has 0 aliphatic carbocycles. The molecule has 0 saturated heterocycles. The first kappa shape index (κ1) is 115. The molecule has 0 unspecified atom stereocenters. The average molecular weight is 2070 g/mol. The highest BCUT2D eigenvalue weighted by molar-refractivity contribution is 5.62. The summed E-state index contributed by atoms with van der Waals surface area (Å²) in [5, 5.41) is 187.